The van der Waals surface area contributed by atoms with Crippen molar-refractivity contribution >= 4 is 29.9 Å². The van der Waals surface area contributed by atoms with Gasteiger partial charge >= 0.3 is 0 Å². The molecule has 0 saturated carbocycles. The SMILES string of the molecule is CN=C(NC)NCC(c1ccc(OC)cc1)N(C)C.I. The van der Waals surface area contributed by atoms with E-state index in [1.165, 1.54) is 5.56 Å². The maximum Gasteiger partial charge on any atom is 0.190 e. The minimum absolute atomic E-state index is 0. The summed E-state index contributed by atoms with van der Waals surface area (Å²) in [6.07, 6.45) is 0. The summed E-state index contributed by atoms with van der Waals surface area (Å²) in [6, 6.07) is 8.42. The number of guanidine groups is 1. The van der Waals surface area contributed by atoms with E-state index < -0.39 is 0 Å². The third-order valence-corrected chi connectivity index (χ3v) is 3.05. The lowest BCUT2D eigenvalue weighted by Gasteiger charge is -2.26. The number of nitrogens with one attached hydrogen (secondary N) is 2. The van der Waals surface area contributed by atoms with Crippen LogP contribution in [0.15, 0.2) is 29.3 Å². The lowest BCUT2D eigenvalue weighted by Crippen LogP contribution is -2.40. The molecule has 114 valence electrons. The van der Waals surface area contributed by atoms with Crippen LogP contribution in [0.4, 0.5) is 0 Å². The molecule has 5 nitrogen and oxygen atoms in total. The highest BCUT2D eigenvalue weighted by Gasteiger charge is 2.14. The third kappa shape index (κ3) is 5.54. The number of methoxy groups -OCH3 is 1. The molecule has 20 heavy (non-hydrogen) atoms. The third-order valence-electron chi connectivity index (χ3n) is 3.05. The van der Waals surface area contributed by atoms with Gasteiger partial charge in [-0.25, -0.2) is 0 Å². The molecule has 0 fully saturated rings. The highest BCUT2D eigenvalue weighted by molar-refractivity contribution is 14.0. The Hall–Kier alpha value is -1.02. The number of halogens is 1. The second-order valence-electron chi connectivity index (χ2n) is 4.46. The van der Waals surface area contributed by atoms with E-state index in [2.05, 4.69) is 46.8 Å². The Balaban J connectivity index is 0.00000361. The van der Waals surface area contributed by atoms with E-state index in [1.54, 1.807) is 14.2 Å². The molecule has 0 aliphatic heterocycles. The number of hydrogen-bond donors (Lipinski definition) is 2. The monoisotopic (exact) mass is 392 g/mol. The molecule has 0 radical (unpaired) electrons. The largest absolute Gasteiger partial charge is 0.497 e. The summed E-state index contributed by atoms with van der Waals surface area (Å²) < 4.78 is 5.18. The zero-order valence-electron chi connectivity index (χ0n) is 12.8. The second-order valence-corrected chi connectivity index (χ2v) is 4.46. The molecule has 0 aliphatic carbocycles. The Bertz CT molecular complexity index is 406. The normalized spacial score (nSPS) is 12.6. The fourth-order valence-electron chi connectivity index (χ4n) is 1.90. The first kappa shape index (κ1) is 19.0. The van der Waals surface area contributed by atoms with Crippen molar-refractivity contribution in [1.82, 2.24) is 15.5 Å². The molecule has 0 saturated heterocycles. The summed E-state index contributed by atoms with van der Waals surface area (Å²) in [5, 5.41) is 6.31. The van der Waals surface area contributed by atoms with Gasteiger partial charge in [-0.15, -0.1) is 24.0 Å². The zero-order valence-corrected chi connectivity index (χ0v) is 15.1. The molecule has 1 aromatic rings. The van der Waals surface area contributed by atoms with Gasteiger partial charge in [-0.2, -0.15) is 0 Å². The molecule has 1 aromatic carbocycles. The summed E-state index contributed by atoms with van der Waals surface area (Å²) in [5.74, 6) is 1.67. The lowest BCUT2D eigenvalue weighted by atomic mass is 10.1. The van der Waals surface area contributed by atoms with Gasteiger partial charge in [0.15, 0.2) is 5.96 Å². The number of nitrogens with zero attached hydrogens (tertiary/aromatic N) is 2. The highest BCUT2D eigenvalue weighted by Crippen LogP contribution is 2.20. The van der Waals surface area contributed by atoms with Gasteiger partial charge in [0.1, 0.15) is 5.75 Å². The van der Waals surface area contributed by atoms with E-state index in [0.29, 0.717) is 0 Å². The van der Waals surface area contributed by atoms with Gasteiger partial charge in [-0.05, 0) is 31.8 Å². The van der Waals surface area contributed by atoms with Gasteiger partial charge < -0.3 is 20.3 Å². The maximum atomic E-state index is 5.18. The second kappa shape index (κ2) is 9.82. The van der Waals surface area contributed by atoms with Crippen LogP contribution < -0.4 is 15.4 Å². The lowest BCUT2D eigenvalue weighted by molar-refractivity contribution is 0.298. The van der Waals surface area contributed by atoms with Crippen LogP contribution in [0.2, 0.25) is 0 Å². The van der Waals surface area contributed by atoms with Gasteiger partial charge in [0.2, 0.25) is 0 Å². The predicted molar refractivity (Wildman–Crippen MR) is 95.3 cm³/mol. The van der Waals surface area contributed by atoms with Gasteiger partial charge in [-0.1, -0.05) is 12.1 Å². The summed E-state index contributed by atoms with van der Waals surface area (Å²) >= 11 is 0. The van der Waals surface area contributed by atoms with E-state index in [0.717, 1.165) is 18.3 Å². The number of aliphatic imine (C=N–C) groups is 1. The number of hydrogen-bond acceptors (Lipinski definition) is 3. The molecule has 0 amide bonds. The first-order chi connectivity index (χ1) is 9.12. The molecule has 0 aliphatic rings. The summed E-state index contributed by atoms with van der Waals surface area (Å²) in [5.41, 5.74) is 1.24. The maximum absolute atomic E-state index is 5.18. The van der Waals surface area contributed by atoms with Crippen molar-refractivity contribution in [2.45, 2.75) is 6.04 Å². The fraction of sp³-hybridized carbons (Fsp3) is 0.500. The van der Waals surface area contributed by atoms with E-state index >= 15 is 0 Å². The van der Waals surface area contributed by atoms with Crippen LogP contribution in [-0.4, -0.2) is 52.7 Å². The summed E-state index contributed by atoms with van der Waals surface area (Å²) in [7, 11) is 9.43. The van der Waals surface area contributed by atoms with Crippen molar-refractivity contribution in [3.8, 4) is 5.75 Å². The zero-order chi connectivity index (χ0) is 14.3. The Morgan fingerprint density at radius 1 is 1.30 bits per heavy atom. The predicted octanol–water partition coefficient (Wildman–Crippen LogP) is 1.71. The van der Waals surface area contributed by atoms with Gasteiger partial charge in [0.05, 0.1) is 13.2 Å². The molecule has 0 bridgehead atoms. The average molecular weight is 392 g/mol. The minimum atomic E-state index is 0. The first-order valence-corrected chi connectivity index (χ1v) is 6.31. The number of ether oxygens (including phenoxy) is 1. The Labute approximate surface area is 138 Å². The summed E-state index contributed by atoms with van der Waals surface area (Å²) in [6.45, 7) is 0.785. The number of likely N-dealkylation sites (N-methyl/N-ethyl adjacent to an activating group) is 1. The van der Waals surface area contributed by atoms with Crippen LogP contribution >= 0.6 is 24.0 Å². The molecule has 0 heterocycles. The quantitative estimate of drug-likeness (QED) is 0.455. The number of rotatable bonds is 5. The van der Waals surface area contributed by atoms with Crippen molar-refractivity contribution < 1.29 is 4.74 Å². The van der Waals surface area contributed by atoms with Crippen LogP contribution in [0.1, 0.15) is 11.6 Å². The van der Waals surface area contributed by atoms with Gasteiger partial charge in [-0.3, -0.25) is 4.99 Å². The van der Waals surface area contributed by atoms with Crippen LogP contribution in [-0.2, 0) is 0 Å². The standard InChI is InChI=1S/C14H24N4O.HI/c1-15-14(16-2)17-10-13(18(3)4)11-6-8-12(19-5)9-7-11;/h6-9,13H,10H2,1-5H3,(H2,15,16,17);1H. The van der Waals surface area contributed by atoms with E-state index in [4.69, 9.17) is 4.74 Å². The summed E-state index contributed by atoms with van der Waals surface area (Å²) in [4.78, 5) is 6.29. The van der Waals surface area contributed by atoms with E-state index in [-0.39, 0.29) is 30.0 Å². The molecule has 0 aromatic heterocycles. The Morgan fingerprint density at radius 3 is 2.30 bits per heavy atom. The minimum Gasteiger partial charge on any atom is -0.497 e. The smallest absolute Gasteiger partial charge is 0.190 e. The highest BCUT2D eigenvalue weighted by atomic mass is 127. The molecular formula is C14H25IN4O. The van der Waals surface area contributed by atoms with Crippen LogP contribution in [0, 0.1) is 0 Å². The molecule has 0 spiro atoms. The Kier molecular flexibility index (Phi) is 9.32. The van der Waals surface area contributed by atoms with Crippen molar-refractivity contribution in [2.75, 3.05) is 41.8 Å². The first-order valence-electron chi connectivity index (χ1n) is 6.31. The molecule has 2 N–H and O–H groups in total. The van der Waals surface area contributed by atoms with Gasteiger partial charge in [0, 0.05) is 20.6 Å². The molecule has 1 rings (SSSR count). The van der Waals surface area contributed by atoms with Crippen LogP contribution in [0.3, 0.4) is 0 Å². The molecule has 1 unspecified atom stereocenters. The Morgan fingerprint density at radius 2 is 1.90 bits per heavy atom. The van der Waals surface area contributed by atoms with Gasteiger partial charge in [0.25, 0.3) is 0 Å². The molecule has 6 heteroatoms. The fourth-order valence-corrected chi connectivity index (χ4v) is 1.90. The van der Waals surface area contributed by atoms with Crippen molar-refractivity contribution in [2.24, 2.45) is 4.99 Å². The molecular weight excluding hydrogens is 367 g/mol. The average Bonchev–Trinajstić information content (AvgIpc) is 2.43. The van der Waals surface area contributed by atoms with Crippen molar-refractivity contribution in [1.29, 1.82) is 0 Å². The van der Waals surface area contributed by atoms with Crippen LogP contribution in [0.25, 0.3) is 0 Å². The van der Waals surface area contributed by atoms with Crippen molar-refractivity contribution in [3.63, 3.8) is 0 Å². The van der Waals surface area contributed by atoms with Crippen LogP contribution in [0.5, 0.6) is 5.75 Å². The van der Waals surface area contributed by atoms with Crippen molar-refractivity contribution in [3.05, 3.63) is 29.8 Å². The van der Waals surface area contributed by atoms with E-state index in [9.17, 15) is 0 Å². The number of benzene rings is 1. The molecule has 1 atom stereocenters. The van der Waals surface area contributed by atoms with E-state index in [1.807, 2.05) is 19.2 Å². The topological polar surface area (TPSA) is 48.9 Å².